The Balaban J connectivity index is 1.50. The number of halogens is 1. The highest BCUT2D eigenvalue weighted by Crippen LogP contribution is 2.24. The highest BCUT2D eigenvalue weighted by molar-refractivity contribution is 6.16. The standard InChI is InChI=1S/C23H16FN5O2/c24-19-13-16(10-11-25-19)22-28-29-23(31-22)27-21-18(30)12-15-8-4-5-9-17(15)20(26-21)14-6-2-1-3-7-14/h1-11,13,21H,12H2,(H,27,29). The van der Waals surface area contributed by atoms with E-state index in [1.165, 1.54) is 12.3 Å². The van der Waals surface area contributed by atoms with E-state index in [0.717, 1.165) is 16.7 Å². The highest BCUT2D eigenvalue weighted by atomic mass is 19.1. The smallest absolute Gasteiger partial charge is 0.317 e. The van der Waals surface area contributed by atoms with Crippen LogP contribution in [0.4, 0.5) is 10.4 Å². The van der Waals surface area contributed by atoms with E-state index in [0.29, 0.717) is 11.3 Å². The van der Waals surface area contributed by atoms with E-state index >= 15 is 0 Å². The Hall–Kier alpha value is -4.20. The van der Waals surface area contributed by atoms with Gasteiger partial charge in [0.15, 0.2) is 11.9 Å². The molecule has 1 N–H and O–H groups in total. The number of carbonyl (C=O) groups is 1. The first kappa shape index (κ1) is 18.8. The summed E-state index contributed by atoms with van der Waals surface area (Å²) >= 11 is 0. The second-order valence-electron chi connectivity index (χ2n) is 6.97. The van der Waals surface area contributed by atoms with E-state index in [4.69, 9.17) is 9.41 Å². The molecule has 3 heterocycles. The second-order valence-corrected chi connectivity index (χ2v) is 6.97. The molecule has 31 heavy (non-hydrogen) atoms. The average molecular weight is 413 g/mol. The third-order valence-electron chi connectivity index (χ3n) is 4.91. The van der Waals surface area contributed by atoms with Gasteiger partial charge in [-0.25, -0.2) is 4.98 Å². The fraction of sp³-hybridized carbons (Fsp3) is 0.0870. The van der Waals surface area contributed by atoms with Crippen molar-refractivity contribution in [3.8, 4) is 11.5 Å². The number of nitrogens with zero attached hydrogens (tertiary/aromatic N) is 4. The number of aromatic nitrogens is 3. The summed E-state index contributed by atoms with van der Waals surface area (Å²) in [7, 11) is 0. The molecule has 7 nitrogen and oxygen atoms in total. The number of rotatable bonds is 4. The first-order valence-electron chi connectivity index (χ1n) is 9.63. The van der Waals surface area contributed by atoms with Crippen molar-refractivity contribution in [2.45, 2.75) is 12.6 Å². The van der Waals surface area contributed by atoms with Crippen molar-refractivity contribution in [2.75, 3.05) is 5.32 Å². The number of carbonyl (C=O) groups excluding carboxylic acids is 1. The summed E-state index contributed by atoms with van der Waals surface area (Å²) in [5.41, 5.74) is 3.80. The van der Waals surface area contributed by atoms with Crippen molar-refractivity contribution in [3.63, 3.8) is 0 Å². The topological polar surface area (TPSA) is 93.3 Å². The van der Waals surface area contributed by atoms with Crippen LogP contribution < -0.4 is 5.32 Å². The van der Waals surface area contributed by atoms with Gasteiger partial charge >= 0.3 is 6.01 Å². The second kappa shape index (κ2) is 7.91. The van der Waals surface area contributed by atoms with E-state index in [2.05, 4.69) is 20.5 Å². The summed E-state index contributed by atoms with van der Waals surface area (Å²) < 4.78 is 19.0. The molecule has 0 spiro atoms. The molecule has 4 aromatic rings. The lowest BCUT2D eigenvalue weighted by Gasteiger charge is -2.11. The Bertz CT molecular complexity index is 1290. The fourth-order valence-corrected chi connectivity index (χ4v) is 3.45. The summed E-state index contributed by atoms with van der Waals surface area (Å²) in [5.74, 6) is -0.674. The molecule has 5 rings (SSSR count). The molecule has 1 atom stereocenters. The lowest BCUT2D eigenvalue weighted by atomic mass is 9.96. The van der Waals surface area contributed by atoms with Gasteiger partial charge in [0, 0.05) is 35.4 Å². The molecular weight excluding hydrogens is 397 g/mol. The van der Waals surface area contributed by atoms with E-state index in [1.54, 1.807) is 6.07 Å². The highest BCUT2D eigenvalue weighted by Gasteiger charge is 2.27. The van der Waals surface area contributed by atoms with Crippen LogP contribution in [0.1, 0.15) is 16.7 Å². The molecule has 0 aliphatic carbocycles. The number of hydrogen-bond donors (Lipinski definition) is 1. The third-order valence-corrected chi connectivity index (χ3v) is 4.91. The van der Waals surface area contributed by atoms with Gasteiger partial charge in [-0.15, -0.1) is 5.10 Å². The fourth-order valence-electron chi connectivity index (χ4n) is 3.45. The van der Waals surface area contributed by atoms with Gasteiger partial charge in [-0.05, 0) is 11.6 Å². The van der Waals surface area contributed by atoms with Crippen LogP contribution in [0.3, 0.4) is 0 Å². The Kier molecular flexibility index (Phi) is 4.80. The zero-order valence-electron chi connectivity index (χ0n) is 16.2. The molecule has 152 valence electrons. The quantitative estimate of drug-likeness (QED) is 0.513. The van der Waals surface area contributed by atoms with Crippen LogP contribution in [0.2, 0.25) is 0 Å². The number of ketones is 1. The zero-order valence-corrected chi connectivity index (χ0v) is 16.2. The van der Waals surface area contributed by atoms with Crippen LogP contribution in [-0.2, 0) is 11.2 Å². The molecule has 0 fully saturated rings. The zero-order chi connectivity index (χ0) is 21.2. The third kappa shape index (κ3) is 3.83. The molecule has 8 heteroatoms. The summed E-state index contributed by atoms with van der Waals surface area (Å²) in [6.07, 6.45) is 0.611. The van der Waals surface area contributed by atoms with Gasteiger partial charge in [-0.3, -0.25) is 9.79 Å². The van der Waals surface area contributed by atoms with Gasteiger partial charge in [-0.1, -0.05) is 59.7 Å². The lowest BCUT2D eigenvalue weighted by molar-refractivity contribution is -0.119. The SMILES string of the molecule is O=C1Cc2ccccc2C(c2ccccc2)=NC1Nc1nnc(-c2ccnc(F)c2)o1. The van der Waals surface area contributed by atoms with Gasteiger partial charge < -0.3 is 9.73 Å². The normalized spacial score (nSPS) is 15.7. The van der Waals surface area contributed by atoms with Gasteiger partial charge in [0.25, 0.3) is 0 Å². The summed E-state index contributed by atoms with van der Waals surface area (Å²) in [4.78, 5) is 21.2. The number of pyridine rings is 1. The molecule has 0 bridgehead atoms. The largest absolute Gasteiger partial charge is 0.403 e. The predicted octanol–water partition coefficient (Wildman–Crippen LogP) is 3.67. The Morgan fingerprint density at radius 2 is 1.77 bits per heavy atom. The maximum atomic E-state index is 13.4. The van der Waals surface area contributed by atoms with E-state index in [-0.39, 0.29) is 24.1 Å². The molecule has 0 saturated carbocycles. The van der Waals surface area contributed by atoms with Crippen molar-refractivity contribution in [1.29, 1.82) is 0 Å². The molecule has 1 aliphatic heterocycles. The number of aliphatic imine (C=N–C) groups is 1. The number of nitrogens with one attached hydrogen (secondary N) is 1. The Labute approximate surface area is 176 Å². The summed E-state index contributed by atoms with van der Waals surface area (Å²) in [6.45, 7) is 0. The number of hydrogen-bond acceptors (Lipinski definition) is 7. The maximum absolute atomic E-state index is 13.4. The lowest BCUT2D eigenvalue weighted by Crippen LogP contribution is -2.29. The Morgan fingerprint density at radius 1 is 0.968 bits per heavy atom. The molecule has 0 saturated heterocycles. The van der Waals surface area contributed by atoms with Crippen LogP contribution >= 0.6 is 0 Å². The van der Waals surface area contributed by atoms with Gasteiger partial charge in [0.1, 0.15) is 0 Å². The van der Waals surface area contributed by atoms with Crippen LogP contribution in [-0.4, -0.2) is 32.8 Å². The Morgan fingerprint density at radius 3 is 2.61 bits per heavy atom. The summed E-state index contributed by atoms with van der Waals surface area (Å²) in [5, 5.41) is 10.8. The first-order valence-corrected chi connectivity index (χ1v) is 9.63. The monoisotopic (exact) mass is 413 g/mol. The minimum absolute atomic E-state index is 0.0210. The van der Waals surface area contributed by atoms with Crippen molar-refractivity contribution in [1.82, 2.24) is 15.2 Å². The first-order chi connectivity index (χ1) is 15.2. The van der Waals surface area contributed by atoms with Crippen LogP contribution in [0.5, 0.6) is 0 Å². The number of Topliss-reactive ketones (excluding diaryl/α,β-unsaturated/α-hetero) is 1. The average Bonchev–Trinajstić information content (AvgIpc) is 3.21. The molecule has 1 unspecified atom stereocenters. The van der Waals surface area contributed by atoms with Gasteiger partial charge in [0.2, 0.25) is 11.8 Å². The van der Waals surface area contributed by atoms with Crippen LogP contribution in [0.25, 0.3) is 11.5 Å². The minimum Gasteiger partial charge on any atom is -0.403 e. The van der Waals surface area contributed by atoms with Crippen LogP contribution in [0.15, 0.2) is 82.3 Å². The van der Waals surface area contributed by atoms with Gasteiger partial charge in [0.05, 0.1) is 5.71 Å². The van der Waals surface area contributed by atoms with Crippen molar-refractivity contribution in [3.05, 3.63) is 95.6 Å². The minimum atomic E-state index is -0.912. The predicted molar refractivity (Wildman–Crippen MR) is 112 cm³/mol. The van der Waals surface area contributed by atoms with Gasteiger partial charge in [-0.2, -0.15) is 4.39 Å². The van der Waals surface area contributed by atoms with E-state index < -0.39 is 12.1 Å². The van der Waals surface area contributed by atoms with E-state index in [1.807, 2.05) is 54.6 Å². The maximum Gasteiger partial charge on any atom is 0.317 e. The molecular formula is C23H16FN5O2. The van der Waals surface area contributed by atoms with E-state index in [9.17, 15) is 9.18 Å². The van der Waals surface area contributed by atoms with Crippen LogP contribution in [0, 0.1) is 5.95 Å². The van der Waals surface area contributed by atoms with Crippen molar-refractivity contribution < 1.29 is 13.6 Å². The van der Waals surface area contributed by atoms with Crippen molar-refractivity contribution in [2.24, 2.45) is 4.99 Å². The number of anilines is 1. The summed E-state index contributed by atoms with van der Waals surface area (Å²) in [6, 6.07) is 20.2. The molecule has 2 aromatic carbocycles. The number of fused-ring (bicyclic) bond motifs is 1. The molecule has 0 radical (unpaired) electrons. The number of benzene rings is 2. The van der Waals surface area contributed by atoms with Crippen molar-refractivity contribution >= 4 is 17.5 Å². The molecule has 1 aliphatic rings. The molecule has 2 aromatic heterocycles. The molecule has 0 amide bonds.